The van der Waals surface area contributed by atoms with Gasteiger partial charge in [0.15, 0.2) is 5.11 Å². The van der Waals surface area contributed by atoms with E-state index in [9.17, 15) is 0 Å². The summed E-state index contributed by atoms with van der Waals surface area (Å²) >= 11 is 4.93. The van der Waals surface area contributed by atoms with Crippen molar-refractivity contribution in [2.45, 2.75) is 20.0 Å². The molecule has 5 heteroatoms. The lowest BCUT2D eigenvalue weighted by Crippen LogP contribution is -2.31. The van der Waals surface area contributed by atoms with E-state index in [2.05, 4.69) is 22.7 Å². The molecule has 0 unspecified atom stereocenters. The minimum Gasteiger partial charge on any atom is -0.366 e. The van der Waals surface area contributed by atoms with Crippen molar-refractivity contribution in [3.63, 3.8) is 0 Å². The third-order valence-corrected chi connectivity index (χ3v) is 2.03. The Bertz CT molecular complexity index is 281. The van der Waals surface area contributed by atoms with Gasteiger partial charge in [-0.05, 0) is 25.2 Å². The molecule has 0 saturated heterocycles. The van der Waals surface area contributed by atoms with Crippen LogP contribution in [0.1, 0.15) is 12.6 Å². The molecule has 2 N–H and O–H groups in total. The van der Waals surface area contributed by atoms with Crippen molar-refractivity contribution in [1.29, 1.82) is 0 Å². The molecule has 0 atom stereocenters. The molecule has 0 bridgehead atoms. The van der Waals surface area contributed by atoms with Crippen LogP contribution >= 0.6 is 12.2 Å². The Labute approximate surface area is 83.3 Å². The van der Waals surface area contributed by atoms with E-state index >= 15 is 0 Å². The Morgan fingerprint density at radius 1 is 1.69 bits per heavy atom. The molecule has 0 aromatic carbocycles. The van der Waals surface area contributed by atoms with Crippen molar-refractivity contribution >= 4 is 17.3 Å². The zero-order valence-electron chi connectivity index (χ0n) is 7.87. The largest absolute Gasteiger partial charge is 0.366 e. The molecule has 0 fully saturated rings. The Morgan fingerprint density at radius 2 is 2.46 bits per heavy atom. The quantitative estimate of drug-likeness (QED) is 0.694. The van der Waals surface area contributed by atoms with E-state index in [1.165, 1.54) is 0 Å². The van der Waals surface area contributed by atoms with Gasteiger partial charge in [0.2, 0.25) is 0 Å². The second kappa shape index (κ2) is 4.81. The summed E-state index contributed by atoms with van der Waals surface area (Å²) in [5.41, 5.74) is 0.999. The molecule has 0 saturated carbocycles. The van der Waals surface area contributed by atoms with Gasteiger partial charge >= 0.3 is 0 Å². The average molecular weight is 198 g/mol. The zero-order chi connectivity index (χ0) is 9.68. The Morgan fingerprint density at radius 3 is 3.00 bits per heavy atom. The average Bonchev–Trinajstić information content (AvgIpc) is 2.61. The van der Waals surface area contributed by atoms with Crippen LogP contribution in [0.4, 0.5) is 0 Å². The predicted octanol–water partition coefficient (Wildman–Crippen LogP) is 0.497. The SMILES string of the molecule is CCn1ccc(CNC(=S)NC)n1. The maximum absolute atomic E-state index is 4.93. The van der Waals surface area contributed by atoms with Crippen LogP contribution in [0.25, 0.3) is 0 Å². The lowest BCUT2D eigenvalue weighted by molar-refractivity contribution is 0.642. The molecule has 0 aliphatic heterocycles. The zero-order valence-corrected chi connectivity index (χ0v) is 8.69. The normalized spacial score (nSPS) is 9.69. The fraction of sp³-hybridized carbons (Fsp3) is 0.500. The van der Waals surface area contributed by atoms with Crippen LogP contribution in [-0.2, 0) is 13.1 Å². The van der Waals surface area contributed by atoms with Gasteiger partial charge in [-0.15, -0.1) is 0 Å². The number of hydrogen-bond donors (Lipinski definition) is 2. The molecule has 72 valence electrons. The summed E-state index contributed by atoms with van der Waals surface area (Å²) in [4.78, 5) is 0. The molecule has 4 nitrogen and oxygen atoms in total. The highest BCUT2D eigenvalue weighted by molar-refractivity contribution is 7.80. The van der Waals surface area contributed by atoms with E-state index in [-0.39, 0.29) is 0 Å². The van der Waals surface area contributed by atoms with Crippen LogP contribution in [-0.4, -0.2) is 21.9 Å². The van der Waals surface area contributed by atoms with Gasteiger partial charge in [-0.3, -0.25) is 4.68 Å². The molecular weight excluding hydrogens is 184 g/mol. The summed E-state index contributed by atoms with van der Waals surface area (Å²) in [6.07, 6.45) is 1.96. The lowest BCUT2D eigenvalue weighted by atomic mass is 10.4. The van der Waals surface area contributed by atoms with Gasteiger partial charge in [0.25, 0.3) is 0 Å². The smallest absolute Gasteiger partial charge is 0.166 e. The van der Waals surface area contributed by atoms with E-state index in [0.717, 1.165) is 12.2 Å². The number of thiocarbonyl (C=S) groups is 1. The number of rotatable bonds is 3. The highest BCUT2D eigenvalue weighted by Crippen LogP contribution is 1.94. The van der Waals surface area contributed by atoms with Gasteiger partial charge < -0.3 is 10.6 Å². The Kier molecular flexibility index (Phi) is 3.70. The van der Waals surface area contributed by atoms with Crippen LogP contribution in [0.5, 0.6) is 0 Å². The van der Waals surface area contributed by atoms with E-state index in [1.807, 2.05) is 16.9 Å². The first kappa shape index (κ1) is 9.98. The predicted molar refractivity (Wildman–Crippen MR) is 56.4 cm³/mol. The van der Waals surface area contributed by atoms with Crippen LogP contribution < -0.4 is 10.6 Å². The summed E-state index contributed by atoms with van der Waals surface area (Å²) in [6, 6.07) is 1.98. The number of aromatic nitrogens is 2. The van der Waals surface area contributed by atoms with Crippen LogP contribution in [0.15, 0.2) is 12.3 Å². The van der Waals surface area contributed by atoms with E-state index in [1.54, 1.807) is 7.05 Å². The second-order valence-corrected chi connectivity index (χ2v) is 3.00. The molecule has 13 heavy (non-hydrogen) atoms. The first-order valence-electron chi connectivity index (χ1n) is 4.24. The number of nitrogens with one attached hydrogen (secondary N) is 2. The van der Waals surface area contributed by atoms with Crippen LogP contribution in [0, 0.1) is 0 Å². The Hall–Kier alpha value is -1.10. The van der Waals surface area contributed by atoms with Gasteiger partial charge in [-0.25, -0.2) is 0 Å². The van der Waals surface area contributed by atoms with Gasteiger partial charge in [0, 0.05) is 19.8 Å². The first-order valence-corrected chi connectivity index (χ1v) is 4.65. The molecule has 1 rings (SSSR count). The number of aryl methyl sites for hydroxylation is 1. The standard InChI is InChI=1S/C8H14N4S/c1-3-12-5-4-7(11-12)6-10-8(13)9-2/h4-5H,3,6H2,1-2H3,(H2,9,10,13). The summed E-state index contributed by atoms with van der Waals surface area (Å²) in [5, 5.41) is 10.8. The minimum atomic E-state index is 0.644. The molecule has 1 heterocycles. The maximum Gasteiger partial charge on any atom is 0.166 e. The van der Waals surface area contributed by atoms with E-state index in [0.29, 0.717) is 11.7 Å². The van der Waals surface area contributed by atoms with Crippen molar-refractivity contribution in [2.75, 3.05) is 7.05 Å². The highest BCUT2D eigenvalue weighted by Gasteiger charge is 1.97. The molecule has 0 amide bonds. The topological polar surface area (TPSA) is 41.9 Å². The second-order valence-electron chi connectivity index (χ2n) is 2.60. The maximum atomic E-state index is 4.93. The van der Waals surface area contributed by atoms with Crippen molar-refractivity contribution in [3.05, 3.63) is 18.0 Å². The van der Waals surface area contributed by atoms with E-state index in [4.69, 9.17) is 12.2 Å². The molecular formula is C8H14N4S. The van der Waals surface area contributed by atoms with E-state index < -0.39 is 0 Å². The third-order valence-electron chi connectivity index (χ3n) is 1.68. The van der Waals surface area contributed by atoms with Gasteiger partial charge in [-0.1, -0.05) is 0 Å². The summed E-state index contributed by atoms with van der Waals surface area (Å²) in [7, 11) is 1.79. The number of nitrogens with zero attached hydrogens (tertiary/aromatic N) is 2. The first-order chi connectivity index (χ1) is 6.26. The summed E-state index contributed by atoms with van der Waals surface area (Å²) < 4.78 is 1.89. The summed E-state index contributed by atoms with van der Waals surface area (Å²) in [5.74, 6) is 0. The summed E-state index contributed by atoms with van der Waals surface area (Å²) in [6.45, 7) is 3.63. The molecule has 0 radical (unpaired) electrons. The van der Waals surface area contributed by atoms with Gasteiger partial charge in [0.05, 0.1) is 12.2 Å². The number of hydrogen-bond acceptors (Lipinski definition) is 2. The van der Waals surface area contributed by atoms with Crippen LogP contribution in [0.3, 0.4) is 0 Å². The molecule has 0 aliphatic rings. The van der Waals surface area contributed by atoms with Gasteiger partial charge in [-0.2, -0.15) is 5.10 Å². The van der Waals surface area contributed by atoms with Crippen molar-refractivity contribution in [1.82, 2.24) is 20.4 Å². The van der Waals surface area contributed by atoms with Crippen molar-refractivity contribution in [3.8, 4) is 0 Å². The molecule has 1 aromatic heterocycles. The molecule has 0 aliphatic carbocycles. The molecule has 1 aromatic rings. The minimum absolute atomic E-state index is 0.644. The third kappa shape index (κ3) is 3.02. The highest BCUT2D eigenvalue weighted by atomic mass is 32.1. The lowest BCUT2D eigenvalue weighted by Gasteiger charge is -2.03. The monoisotopic (exact) mass is 198 g/mol. The van der Waals surface area contributed by atoms with Crippen LogP contribution in [0.2, 0.25) is 0 Å². The van der Waals surface area contributed by atoms with Crippen molar-refractivity contribution < 1.29 is 0 Å². The molecule has 0 spiro atoms. The Balaban J connectivity index is 2.41. The fourth-order valence-electron chi connectivity index (χ4n) is 0.933. The van der Waals surface area contributed by atoms with Gasteiger partial charge in [0.1, 0.15) is 0 Å². The van der Waals surface area contributed by atoms with Crippen molar-refractivity contribution in [2.24, 2.45) is 0 Å². The fourth-order valence-corrected chi connectivity index (χ4v) is 1.01.